The molecule has 0 amide bonds. The molecule has 0 aromatic rings. The molecule has 19 heavy (non-hydrogen) atoms. The molecule has 0 aliphatic heterocycles. The van der Waals surface area contributed by atoms with E-state index < -0.39 is 0 Å². The van der Waals surface area contributed by atoms with Gasteiger partial charge in [0.2, 0.25) is 0 Å². The van der Waals surface area contributed by atoms with Crippen molar-refractivity contribution in [3.05, 3.63) is 0 Å². The van der Waals surface area contributed by atoms with Crippen LogP contribution in [0, 0.1) is 11.3 Å². The maximum Gasteiger partial charge on any atom is 0.142 e. The van der Waals surface area contributed by atoms with Gasteiger partial charge in [0.25, 0.3) is 0 Å². The molecule has 0 radical (unpaired) electrons. The minimum Gasteiger partial charge on any atom is -0.308 e. The number of carbonyl (C=O) groups excluding carboxylic acids is 1. The van der Waals surface area contributed by atoms with Gasteiger partial charge in [-0.15, -0.1) is 0 Å². The molecule has 0 heterocycles. The van der Waals surface area contributed by atoms with Gasteiger partial charge in [-0.3, -0.25) is 9.69 Å². The summed E-state index contributed by atoms with van der Waals surface area (Å²) in [5.41, 5.74) is -0.104. The van der Waals surface area contributed by atoms with Crippen LogP contribution in [0.2, 0.25) is 0 Å². The summed E-state index contributed by atoms with van der Waals surface area (Å²) in [6.45, 7) is 11.7. The molecule has 1 saturated carbocycles. The molecule has 1 aliphatic rings. The van der Waals surface area contributed by atoms with Crippen molar-refractivity contribution in [1.82, 2.24) is 9.80 Å². The van der Waals surface area contributed by atoms with E-state index in [9.17, 15) is 4.79 Å². The van der Waals surface area contributed by atoms with Crippen LogP contribution in [0.25, 0.3) is 0 Å². The maximum absolute atomic E-state index is 12.5. The Morgan fingerprint density at radius 2 is 2.00 bits per heavy atom. The zero-order chi connectivity index (χ0) is 14.6. The molecule has 0 spiro atoms. The number of likely N-dealkylation sites (N-methyl/N-ethyl adjacent to an activating group) is 2. The van der Waals surface area contributed by atoms with E-state index in [1.807, 2.05) is 0 Å². The lowest BCUT2D eigenvalue weighted by Gasteiger charge is -2.38. The van der Waals surface area contributed by atoms with Gasteiger partial charge >= 0.3 is 0 Å². The molecule has 112 valence electrons. The minimum atomic E-state index is -0.104. The third-order valence-corrected chi connectivity index (χ3v) is 4.51. The summed E-state index contributed by atoms with van der Waals surface area (Å²) in [5, 5.41) is 0. The highest BCUT2D eigenvalue weighted by Gasteiger charge is 2.38. The number of ketones is 1. The number of hydrogen-bond acceptors (Lipinski definition) is 3. The van der Waals surface area contributed by atoms with Crippen LogP contribution in [0.3, 0.4) is 0 Å². The van der Waals surface area contributed by atoms with Gasteiger partial charge in [-0.2, -0.15) is 0 Å². The second kappa shape index (κ2) is 6.85. The van der Waals surface area contributed by atoms with Crippen molar-refractivity contribution in [2.75, 3.05) is 33.7 Å². The van der Waals surface area contributed by atoms with E-state index in [2.05, 4.69) is 51.6 Å². The Morgan fingerprint density at radius 3 is 2.53 bits per heavy atom. The zero-order valence-electron chi connectivity index (χ0n) is 13.7. The molecular weight excluding hydrogens is 236 g/mol. The lowest BCUT2D eigenvalue weighted by Crippen LogP contribution is -2.46. The van der Waals surface area contributed by atoms with Crippen LogP contribution >= 0.6 is 0 Å². The molecule has 1 aliphatic carbocycles. The second-order valence-electron chi connectivity index (χ2n) is 7.04. The lowest BCUT2D eigenvalue weighted by molar-refractivity contribution is -0.135. The van der Waals surface area contributed by atoms with Crippen molar-refractivity contribution >= 4 is 5.78 Å². The van der Waals surface area contributed by atoms with Crippen molar-refractivity contribution in [3.63, 3.8) is 0 Å². The van der Waals surface area contributed by atoms with Crippen molar-refractivity contribution in [3.8, 4) is 0 Å². The molecule has 1 rings (SSSR count). The van der Waals surface area contributed by atoms with Gasteiger partial charge in [0.05, 0.1) is 0 Å². The van der Waals surface area contributed by atoms with E-state index in [1.54, 1.807) is 0 Å². The Labute approximate surface area is 119 Å². The summed E-state index contributed by atoms with van der Waals surface area (Å²) in [5.74, 6) is 0.725. The number of carbonyl (C=O) groups is 1. The van der Waals surface area contributed by atoms with Crippen LogP contribution in [0.5, 0.6) is 0 Å². The summed E-state index contributed by atoms with van der Waals surface area (Å²) < 4.78 is 0. The highest BCUT2D eigenvalue weighted by atomic mass is 16.1. The van der Waals surface area contributed by atoms with E-state index in [-0.39, 0.29) is 11.3 Å². The van der Waals surface area contributed by atoms with Gasteiger partial charge in [-0.1, -0.05) is 27.2 Å². The summed E-state index contributed by atoms with van der Waals surface area (Å²) in [4.78, 5) is 17.2. The maximum atomic E-state index is 12.5. The Hall–Kier alpha value is -0.410. The van der Waals surface area contributed by atoms with Crippen molar-refractivity contribution in [2.24, 2.45) is 11.3 Å². The van der Waals surface area contributed by atoms with Gasteiger partial charge in [0.1, 0.15) is 5.78 Å². The van der Waals surface area contributed by atoms with Gasteiger partial charge in [0.15, 0.2) is 0 Å². The summed E-state index contributed by atoms with van der Waals surface area (Å²) in [6.07, 6.45) is 3.33. The highest BCUT2D eigenvalue weighted by molar-refractivity contribution is 5.87. The molecule has 2 atom stereocenters. The lowest BCUT2D eigenvalue weighted by atomic mass is 9.71. The third-order valence-electron chi connectivity index (χ3n) is 4.51. The number of rotatable bonds is 6. The molecule has 0 aromatic carbocycles. The van der Waals surface area contributed by atoms with Crippen LogP contribution in [-0.2, 0) is 4.79 Å². The molecule has 0 aromatic heterocycles. The Morgan fingerprint density at radius 1 is 1.37 bits per heavy atom. The van der Waals surface area contributed by atoms with E-state index >= 15 is 0 Å². The Balaban J connectivity index is 2.62. The fourth-order valence-electron chi connectivity index (χ4n) is 3.32. The van der Waals surface area contributed by atoms with E-state index in [1.165, 1.54) is 6.42 Å². The Bertz CT molecular complexity index is 299. The first kappa shape index (κ1) is 16.6. The quantitative estimate of drug-likeness (QED) is 0.740. The van der Waals surface area contributed by atoms with Crippen LogP contribution in [-0.4, -0.2) is 55.4 Å². The monoisotopic (exact) mass is 268 g/mol. The average molecular weight is 268 g/mol. The van der Waals surface area contributed by atoms with Crippen molar-refractivity contribution in [1.29, 1.82) is 0 Å². The van der Waals surface area contributed by atoms with Gasteiger partial charge in [-0.05, 0) is 40.4 Å². The molecule has 2 unspecified atom stereocenters. The standard InChI is InChI=1S/C16H32N2O/c1-7-18(13(2)11-17(5)6)12-14-9-8-10-16(3,4)15(14)19/h13-14H,7-12H2,1-6H3. The zero-order valence-corrected chi connectivity index (χ0v) is 13.7. The van der Waals surface area contributed by atoms with E-state index in [4.69, 9.17) is 0 Å². The van der Waals surface area contributed by atoms with Gasteiger partial charge in [-0.25, -0.2) is 0 Å². The third kappa shape index (κ3) is 4.57. The van der Waals surface area contributed by atoms with Crippen molar-refractivity contribution < 1.29 is 4.79 Å². The molecule has 1 fully saturated rings. The largest absolute Gasteiger partial charge is 0.308 e. The highest BCUT2D eigenvalue weighted by Crippen LogP contribution is 2.35. The van der Waals surface area contributed by atoms with Crippen LogP contribution < -0.4 is 0 Å². The van der Waals surface area contributed by atoms with Crippen LogP contribution in [0.4, 0.5) is 0 Å². The van der Waals surface area contributed by atoms with Crippen LogP contribution in [0.15, 0.2) is 0 Å². The van der Waals surface area contributed by atoms with Gasteiger partial charge < -0.3 is 4.90 Å². The second-order valence-corrected chi connectivity index (χ2v) is 7.04. The number of nitrogens with zero attached hydrogens (tertiary/aromatic N) is 2. The summed E-state index contributed by atoms with van der Waals surface area (Å²) in [7, 11) is 4.22. The predicted molar refractivity (Wildman–Crippen MR) is 81.4 cm³/mol. The molecular formula is C16H32N2O. The Kier molecular flexibility index (Phi) is 6.00. The number of hydrogen-bond donors (Lipinski definition) is 0. The normalized spacial score (nSPS) is 25.1. The average Bonchev–Trinajstić information content (AvgIpc) is 2.30. The molecule has 3 nitrogen and oxygen atoms in total. The first-order chi connectivity index (χ1) is 8.77. The molecule has 0 N–H and O–H groups in total. The fourth-order valence-corrected chi connectivity index (χ4v) is 3.32. The summed E-state index contributed by atoms with van der Waals surface area (Å²) in [6, 6.07) is 0.512. The summed E-state index contributed by atoms with van der Waals surface area (Å²) >= 11 is 0. The predicted octanol–water partition coefficient (Wildman–Crippen LogP) is 2.65. The fraction of sp³-hybridized carbons (Fsp3) is 0.938. The first-order valence-corrected chi connectivity index (χ1v) is 7.71. The molecule has 3 heteroatoms. The first-order valence-electron chi connectivity index (χ1n) is 7.71. The van der Waals surface area contributed by atoms with E-state index in [0.717, 1.165) is 32.5 Å². The molecule has 0 saturated heterocycles. The molecule has 0 bridgehead atoms. The van der Waals surface area contributed by atoms with Crippen molar-refractivity contribution in [2.45, 2.75) is 53.0 Å². The van der Waals surface area contributed by atoms with E-state index in [0.29, 0.717) is 11.8 Å². The topological polar surface area (TPSA) is 23.6 Å². The SMILES string of the molecule is CCN(CC1CCCC(C)(C)C1=O)C(C)CN(C)C. The van der Waals surface area contributed by atoms with Gasteiger partial charge in [0, 0.05) is 30.5 Å². The number of Topliss-reactive ketones (excluding diaryl/α,β-unsaturated/α-hetero) is 1. The smallest absolute Gasteiger partial charge is 0.142 e. The van der Waals surface area contributed by atoms with Crippen LogP contribution in [0.1, 0.15) is 47.0 Å². The minimum absolute atomic E-state index is 0.104.